The fourth-order valence-corrected chi connectivity index (χ4v) is 4.80. The number of carbonyl (C=O) groups excluding carboxylic acids is 1. The van der Waals surface area contributed by atoms with Crippen molar-refractivity contribution in [2.75, 3.05) is 46.5 Å². The molecular weight excluding hydrogens is 432 g/mol. The van der Waals surface area contributed by atoms with Gasteiger partial charge >= 0.3 is 0 Å². The zero-order chi connectivity index (χ0) is 22.7. The molecule has 1 saturated heterocycles. The molecule has 0 bridgehead atoms. The third-order valence-corrected chi connectivity index (χ3v) is 6.48. The molecule has 1 aromatic heterocycles. The Kier molecular flexibility index (Phi) is 6.66. The standard InChI is InChI=1S/C23H26N2O6S/c1-27-16-10-14(11-17(12-16)28-2)22(26)25(13-15-6-5-9-31-15)23-24-20-18(29-3)7-8-19(30-4)21(20)32-23/h7-8,10-12,15H,5-6,9,13H2,1-4H3. The molecule has 0 spiro atoms. The van der Waals surface area contributed by atoms with Gasteiger partial charge in [0, 0.05) is 18.2 Å². The second-order valence-corrected chi connectivity index (χ2v) is 8.27. The van der Waals surface area contributed by atoms with E-state index in [2.05, 4.69) is 0 Å². The first-order chi connectivity index (χ1) is 15.6. The van der Waals surface area contributed by atoms with Gasteiger partial charge in [-0.1, -0.05) is 11.3 Å². The Labute approximate surface area is 190 Å². The summed E-state index contributed by atoms with van der Waals surface area (Å²) in [6.07, 6.45) is 1.81. The fraction of sp³-hybridized carbons (Fsp3) is 0.391. The number of ether oxygens (including phenoxy) is 5. The molecular formula is C23H26N2O6S. The van der Waals surface area contributed by atoms with E-state index in [0.717, 1.165) is 17.5 Å². The molecule has 170 valence electrons. The summed E-state index contributed by atoms with van der Waals surface area (Å²) in [5.74, 6) is 2.16. The van der Waals surface area contributed by atoms with Crippen LogP contribution < -0.4 is 23.8 Å². The summed E-state index contributed by atoms with van der Waals surface area (Å²) in [4.78, 5) is 20.1. The zero-order valence-corrected chi connectivity index (χ0v) is 19.4. The highest BCUT2D eigenvalue weighted by Crippen LogP contribution is 2.41. The Morgan fingerprint density at radius 1 is 1.06 bits per heavy atom. The van der Waals surface area contributed by atoms with E-state index in [9.17, 15) is 4.79 Å². The molecule has 1 fully saturated rings. The number of aromatic nitrogens is 1. The molecule has 8 nitrogen and oxygen atoms in total. The van der Waals surface area contributed by atoms with Crippen molar-refractivity contribution in [3.63, 3.8) is 0 Å². The maximum absolute atomic E-state index is 13.7. The monoisotopic (exact) mass is 458 g/mol. The summed E-state index contributed by atoms with van der Waals surface area (Å²) < 4.78 is 28.4. The van der Waals surface area contributed by atoms with E-state index in [0.29, 0.717) is 52.4 Å². The van der Waals surface area contributed by atoms with Crippen molar-refractivity contribution in [3.8, 4) is 23.0 Å². The van der Waals surface area contributed by atoms with Crippen LogP contribution in [0.5, 0.6) is 23.0 Å². The number of benzene rings is 2. The molecule has 0 N–H and O–H groups in total. The van der Waals surface area contributed by atoms with Crippen LogP contribution in [-0.2, 0) is 4.74 Å². The predicted octanol–water partition coefficient (Wildman–Crippen LogP) is 4.16. The lowest BCUT2D eigenvalue weighted by Gasteiger charge is -2.23. The quantitative estimate of drug-likeness (QED) is 0.502. The molecule has 2 aromatic carbocycles. The van der Waals surface area contributed by atoms with Crippen molar-refractivity contribution < 1.29 is 28.5 Å². The lowest BCUT2D eigenvalue weighted by Crippen LogP contribution is -2.37. The van der Waals surface area contributed by atoms with E-state index in [-0.39, 0.29) is 12.0 Å². The number of fused-ring (bicyclic) bond motifs is 1. The largest absolute Gasteiger partial charge is 0.497 e. The normalized spacial score (nSPS) is 15.6. The summed E-state index contributed by atoms with van der Waals surface area (Å²) in [7, 11) is 6.31. The molecule has 1 aliphatic rings. The predicted molar refractivity (Wildman–Crippen MR) is 123 cm³/mol. The van der Waals surface area contributed by atoms with Gasteiger partial charge < -0.3 is 23.7 Å². The van der Waals surface area contributed by atoms with Crippen molar-refractivity contribution in [3.05, 3.63) is 35.9 Å². The van der Waals surface area contributed by atoms with Crippen molar-refractivity contribution in [2.45, 2.75) is 18.9 Å². The SMILES string of the molecule is COc1cc(OC)cc(C(=O)N(CC2CCCO2)c2nc3c(OC)ccc(OC)c3s2)c1. The maximum atomic E-state index is 13.7. The van der Waals surface area contributed by atoms with E-state index >= 15 is 0 Å². The maximum Gasteiger partial charge on any atom is 0.260 e. The Hall–Kier alpha value is -3.04. The number of hydrogen-bond donors (Lipinski definition) is 0. The number of thiazole rings is 1. The Balaban J connectivity index is 1.80. The van der Waals surface area contributed by atoms with Gasteiger partial charge in [0.25, 0.3) is 5.91 Å². The summed E-state index contributed by atoms with van der Waals surface area (Å²) in [6.45, 7) is 1.09. The molecule has 32 heavy (non-hydrogen) atoms. The molecule has 0 aliphatic carbocycles. The van der Waals surface area contributed by atoms with Crippen molar-refractivity contribution >= 4 is 32.6 Å². The van der Waals surface area contributed by atoms with Gasteiger partial charge in [-0.25, -0.2) is 4.98 Å². The van der Waals surface area contributed by atoms with Gasteiger partial charge in [-0.15, -0.1) is 0 Å². The van der Waals surface area contributed by atoms with Crippen LogP contribution >= 0.6 is 11.3 Å². The van der Waals surface area contributed by atoms with Gasteiger partial charge in [0.2, 0.25) is 0 Å². The average Bonchev–Trinajstić information content (AvgIpc) is 3.51. The first kappa shape index (κ1) is 22.2. The van der Waals surface area contributed by atoms with Gasteiger partial charge in [0.05, 0.1) is 41.1 Å². The highest BCUT2D eigenvalue weighted by atomic mass is 32.1. The summed E-state index contributed by atoms with van der Waals surface area (Å²) in [6, 6.07) is 8.77. The van der Waals surface area contributed by atoms with Crippen LogP contribution in [0.1, 0.15) is 23.2 Å². The van der Waals surface area contributed by atoms with Crippen LogP contribution in [0.25, 0.3) is 10.2 Å². The van der Waals surface area contributed by atoms with Gasteiger partial charge in [0.1, 0.15) is 33.2 Å². The fourth-order valence-electron chi connectivity index (χ4n) is 3.72. The van der Waals surface area contributed by atoms with Gasteiger partial charge in [0.15, 0.2) is 5.13 Å². The van der Waals surface area contributed by atoms with E-state index in [1.54, 1.807) is 51.5 Å². The molecule has 0 radical (unpaired) electrons. The molecule has 4 rings (SSSR count). The Bertz CT molecular complexity index is 1050. The molecule has 1 aliphatic heterocycles. The van der Waals surface area contributed by atoms with E-state index in [1.165, 1.54) is 11.3 Å². The minimum atomic E-state index is -0.213. The van der Waals surface area contributed by atoms with E-state index in [1.807, 2.05) is 12.1 Å². The summed E-state index contributed by atoms with van der Waals surface area (Å²) in [5.41, 5.74) is 1.09. The van der Waals surface area contributed by atoms with E-state index < -0.39 is 0 Å². The first-order valence-corrected chi connectivity index (χ1v) is 11.1. The molecule has 2 heterocycles. The number of carbonyl (C=O) groups is 1. The molecule has 1 atom stereocenters. The zero-order valence-electron chi connectivity index (χ0n) is 18.5. The van der Waals surface area contributed by atoms with Gasteiger partial charge in [-0.3, -0.25) is 9.69 Å². The topological polar surface area (TPSA) is 79.4 Å². The summed E-state index contributed by atoms with van der Waals surface area (Å²) >= 11 is 1.38. The van der Waals surface area contributed by atoms with Crippen LogP contribution in [0.2, 0.25) is 0 Å². The lowest BCUT2D eigenvalue weighted by molar-refractivity contribution is 0.0917. The number of hydrogen-bond acceptors (Lipinski definition) is 8. The highest BCUT2D eigenvalue weighted by molar-refractivity contribution is 7.22. The number of amides is 1. The lowest BCUT2D eigenvalue weighted by atomic mass is 10.1. The Morgan fingerprint density at radius 2 is 1.75 bits per heavy atom. The number of anilines is 1. The van der Waals surface area contributed by atoms with Gasteiger partial charge in [-0.2, -0.15) is 0 Å². The van der Waals surface area contributed by atoms with Crippen LogP contribution in [-0.4, -0.2) is 58.6 Å². The van der Waals surface area contributed by atoms with Crippen molar-refractivity contribution in [2.24, 2.45) is 0 Å². The van der Waals surface area contributed by atoms with Crippen molar-refractivity contribution in [1.82, 2.24) is 4.98 Å². The van der Waals surface area contributed by atoms with Crippen LogP contribution in [0.3, 0.4) is 0 Å². The van der Waals surface area contributed by atoms with Crippen LogP contribution in [0, 0.1) is 0 Å². The minimum Gasteiger partial charge on any atom is -0.497 e. The number of rotatable bonds is 8. The third-order valence-electron chi connectivity index (χ3n) is 5.38. The highest BCUT2D eigenvalue weighted by Gasteiger charge is 2.28. The van der Waals surface area contributed by atoms with Crippen LogP contribution in [0.15, 0.2) is 30.3 Å². The molecule has 3 aromatic rings. The second-order valence-electron chi connectivity index (χ2n) is 7.30. The average molecular weight is 459 g/mol. The summed E-state index contributed by atoms with van der Waals surface area (Å²) in [5, 5.41) is 0.546. The Morgan fingerprint density at radius 3 is 2.34 bits per heavy atom. The molecule has 9 heteroatoms. The molecule has 1 unspecified atom stereocenters. The smallest absolute Gasteiger partial charge is 0.260 e. The minimum absolute atomic E-state index is 0.0535. The molecule has 0 saturated carbocycles. The third kappa shape index (κ3) is 4.31. The number of nitrogens with zero attached hydrogens (tertiary/aromatic N) is 2. The van der Waals surface area contributed by atoms with Crippen LogP contribution in [0.4, 0.5) is 5.13 Å². The van der Waals surface area contributed by atoms with E-state index in [4.69, 9.17) is 28.7 Å². The molecule has 1 amide bonds. The van der Waals surface area contributed by atoms with Gasteiger partial charge in [-0.05, 0) is 37.1 Å². The number of methoxy groups -OCH3 is 4. The van der Waals surface area contributed by atoms with Crippen molar-refractivity contribution in [1.29, 1.82) is 0 Å². The second kappa shape index (κ2) is 9.62. The first-order valence-electron chi connectivity index (χ1n) is 10.3.